The van der Waals surface area contributed by atoms with Crippen molar-refractivity contribution in [1.29, 1.82) is 0 Å². The van der Waals surface area contributed by atoms with Crippen molar-refractivity contribution in [2.45, 2.75) is 72.1 Å². The summed E-state index contributed by atoms with van der Waals surface area (Å²) >= 11 is 0. The predicted molar refractivity (Wildman–Crippen MR) is 169 cm³/mol. The molecule has 48 heavy (non-hydrogen) atoms. The average Bonchev–Trinajstić information content (AvgIpc) is 3.00. The average molecular weight is 664 g/mol. The van der Waals surface area contributed by atoms with Gasteiger partial charge in [-0.05, 0) is 90.4 Å². The number of nitrogens with zero attached hydrogens (tertiary/aromatic N) is 3. The SMILES string of the molecule is CC(C)(C)OC(=O)C(CCn1nnc2cc(F)c(F)cc2c1=O)(CC(=O)c1ccc(OC(=O)c2ccccc2)cc1)C(=O)OC(C)(C)C. The normalized spacial score (nSPS) is 12.0. The number of carbonyl (C=O) groups excluding carboxylic acids is 4. The summed E-state index contributed by atoms with van der Waals surface area (Å²) in [5, 5.41) is 7.27. The first kappa shape index (κ1) is 35.5. The quantitative estimate of drug-likeness (QED) is 0.0907. The molecule has 0 atom stereocenters. The van der Waals surface area contributed by atoms with Crippen LogP contribution in [0.25, 0.3) is 10.9 Å². The third kappa shape index (κ3) is 8.52. The number of halogens is 2. The van der Waals surface area contributed by atoms with Crippen LogP contribution in [0.5, 0.6) is 5.75 Å². The summed E-state index contributed by atoms with van der Waals surface area (Å²) in [6.45, 7) is 9.01. The smallest absolute Gasteiger partial charge is 0.343 e. The van der Waals surface area contributed by atoms with Crippen LogP contribution in [-0.4, -0.2) is 49.9 Å². The van der Waals surface area contributed by atoms with E-state index in [2.05, 4.69) is 10.3 Å². The largest absolute Gasteiger partial charge is 0.459 e. The maximum Gasteiger partial charge on any atom is 0.343 e. The van der Waals surface area contributed by atoms with Gasteiger partial charge in [-0.25, -0.2) is 18.3 Å². The minimum atomic E-state index is -2.29. The number of benzene rings is 3. The molecule has 1 aromatic heterocycles. The number of aryl methyl sites for hydroxylation is 1. The van der Waals surface area contributed by atoms with Crippen LogP contribution in [-0.2, 0) is 25.6 Å². The van der Waals surface area contributed by atoms with Gasteiger partial charge in [0.2, 0.25) is 0 Å². The number of ketones is 1. The second kappa shape index (κ2) is 13.8. The van der Waals surface area contributed by atoms with Crippen LogP contribution in [0.3, 0.4) is 0 Å². The summed E-state index contributed by atoms with van der Waals surface area (Å²) in [6, 6.07) is 15.2. The number of hydrogen-bond acceptors (Lipinski definition) is 10. The van der Waals surface area contributed by atoms with E-state index in [1.54, 1.807) is 71.9 Å². The molecule has 11 nitrogen and oxygen atoms in total. The lowest BCUT2D eigenvalue weighted by atomic mass is 9.78. The van der Waals surface area contributed by atoms with Crippen LogP contribution >= 0.6 is 0 Å². The Morgan fingerprint density at radius 3 is 1.90 bits per heavy atom. The first-order valence-corrected chi connectivity index (χ1v) is 15.0. The van der Waals surface area contributed by atoms with Crippen LogP contribution in [0.2, 0.25) is 0 Å². The van der Waals surface area contributed by atoms with E-state index in [4.69, 9.17) is 14.2 Å². The van der Waals surface area contributed by atoms with Crippen molar-refractivity contribution in [3.63, 3.8) is 0 Å². The maximum atomic E-state index is 14.0. The predicted octanol–water partition coefficient (Wildman–Crippen LogP) is 5.62. The summed E-state index contributed by atoms with van der Waals surface area (Å²) in [4.78, 5) is 67.3. The Kier molecular flexibility index (Phi) is 10.2. The fourth-order valence-corrected chi connectivity index (χ4v) is 4.61. The Hall–Kier alpha value is -5.33. The zero-order chi connectivity index (χ0) is 35.4. The molecule has 4 rings (SSSR count). The number of rotatable bonds is 10. The molecular formula is C35H35F2N3O8. The van der Waals surface area contributed by atoms with Gasteiger partial charge < -0.3 is 14.2 Å². The molecule has 0 amide bonds. The zero-order valence-corrected chi connectivity index (χ0v) is 27.3. The van der Waals surface area contributed by atoms with Crippen LogP contribution in [0.15, 0.2) is 71.5 Å². The Labute approximate surface area is 274 Å². The van der Waals surface area contributed by atoms with Crippen LogP contribution in [0, 0.1) is 17.0 Å². The Morgan fingerprint density at radius 2 is 1.33 bits per heavy atom. The first-order valence-electron chi connectivity index (χ1n) is 15.0. The van der Waals surface area contributed by atoms with E-state index < -0.39 is 76.9 Å². The number of hydrogen-bond donors (Lipinski definition) is 0. The molecule has 4 aromatic rings. The van der Waals surface area contributed by atoms with Crippen molar-refractivity contribution in [3.8, 4) is 5.75 Å². The minimum Gasteiger partial charge on any atom is -0.459 e. The van der Waals surface area contributed by atoms with Crippen molar-refractivity contribution < 1.29 is 42.2 Å². The van der Waals surface area contributed by atoms with E-state index in [1.165, 1.54) is 24.3 Å². The molecule has 0 saturated heterocycles. The molecule has 0 aliphatic rings. The lowest BCUT2D eigenvalue weighted by molar-refractivity contribution is -0.186. The number of fused-ring (bicyclic) bond motifs is 1. The van der Waals surface area contributed by atoms with Gasteiger partial charge in [0.15, 0.2) is 22.8 Å². The summed E-state index contributed by atoms with van der Waals surface area (Å²) in [6.07, 6.45) is -1.26. The zero-order valence-electron chi connectivity index (χ0n) is 27.3. The number of carbonyl (C=O) groups is 4. The number of esters is 3. The fourth-order valence-electron chi connectivity index (χ4n) is 4.61. The molecule has 0 saturated carbocycles. The van der Waals surface area contributed by atoms with Gasteiger partial charge in [0.05, 0.1) is 10.9 Å². The highest BCUT2D eigenvalue weighted by Crippen LogP contribution is 2.36. The second-order valence-electron chi connectivity index (χ2n) is 13.1. The Balaban J connectivity index is 1.70. The molecule has 13 heteroatoms. The Morgan fingerprint density at radius 1 is 0.771 bits per heavy atom. The van der Waals surface area contributed by atoms with E-state index in [0.29, 0.717) is 11.6 Å². The standard InChI is InChI=1S/C35H35F2N3O8/c1-33(2,3)47-31(44)35(32(45)48-34(4,5)6,16-17-40-29(42)24-18-25(36)26(37)19-27(24)38-39-40)20-28(41)21-12-14-23(15-13-21)46-30(43)22-10-8-7-9-11-22/h7-15,18-19H,16-17,20H2,1-6H3. The van der Waals surface area contributed by atoms with Crippen molar-refractivity contribution >= 4 is 34.6 Å². The molecule has 0 spiro atoms. The van der Waals surface area contributed by atoms with E-state index in [0.717, 1.165) is 10.7 Å². The first-order chi connectivity index (χ1) is 22.4. The number of ether oxygens (including phenoxy) is 3. The molecule has 3 aromatic carbocycles. The molecule has 0 bridgehead atoms. The highest BCUT2D eigenvalue weighted by atomic mass is 19.2. The molecule has 0 aliphatic heterocycles. The monoisotopic (exact) mass is 663 g/mol. The van der Waals surface area contributed by atoms with Gasteiger partial charge in [-0.15, -0.1) is 5.10 Å². The van der Waals surface area contributed by atoms with Crippen LogP contribution in [0.1, 0.15) is 75.1 Å². The summed E-state index contributed by atoms with van der Waals surface area (Å²) in [7, 11) is 0. The van der Waals surface area contributed by atoms with Crippen molar-refractivity contribution in [2.24, 2.45) is 5.41 Å². The van der Waals surface area contributed by atoms with Gasteiger partial charge in [-0.1, -0.05) is 23.4 Å². The fraction of sp³-hybridized carbons (Fsp3) is 0.343. The molecule has 0 unspecified atom stereocenters. The molecule has 252 valence electrons. The molecule has 0 radical (unpaired) electrons. The topological polar surface area (TPSA) is 144 Å². The lowest BCUT2D eigenvalue weighted by Crippen LogP contribution is -2.49. The van der Waals surface area contributed by atoms with E-state index in [1.807, 2.05) is 0 Å². The van der Waals surface area contributed by atoms with E-state index in [9.17, 15) is 32.8 Å². The number of aromatic nitrogens is 3. The summed E-state index contributed by atoms with van der Waals surface area (Å²) in [5.74, 6) is -5.78. The lowest BCUT2D eigenvalue weighted by Gasteiger charge is -2.34. The molecule has 0 fully saturated rings. The highest BCUT2D eigenvalue weighted by Gasteiger charge is 2.52. The van der Waals surface area contributed by atoms with Gasteiger partial charge in [0.25, 0.3) is 5.56 Å². The Bertz CT molecular complexity index is 1880. The van der Waals surface area contributed by atoms with Gasteiger partial charge >= 0.3 is 17.9 Å². The molecule has 0 N–H and O–H groups in total. The van der Waals surface area contributed by atoms with Gasteiger partial charge in [-0.2, -0.15) is 0 Å². The highest BCUT2D eigenvalue weighted by molar-refractivity contribution is 6.08. The molecular weight excluding hydrogens is 628 g/mol. The summed E-state index contributed by atoms with van der Waals surface area (Å²) < 4.78 is 45.1. The van der Waals surface area contributed by atoms with E-state index in [-0.39, 0.29) is 22.2 Å². The van der Waals surface area contributed by atoms with Gasteiger partial charge in [-0.3, -0.25) is 19.2 Å². The summed E-state index contributed by atoms with van der Waals surface area (Å²) in [5.41, 5.74) is -5.16. The second-order valence-corrected chi connectivity index (χ2v) is 13.1. The van der Waals surface area contributed by atoms with Crippen LogP contribution < -0.4 is 10.3 Å². The minimum absolute atomic E-state index is 0.0752. The van der Waals surface area contributed by atoms with Crippen molar-refractivity contribution in [3.05, 3.63) is 99.8 Å². The third-order valence-electron chi connectivity index (χ3n) is 6.95. The van der Waals surface area contributed by atoms with Gasteiger partial charge in [0, 0.05) is 24.6 Å². The van der Waals surface area contributed by atoms with Crippen molar-refractivity contribution in [1.82, 2.24) is 15.0 Å². The molecule has 0 aliphatic carbocycles. The van der Waals surface area contributed by atoms with E-state index >= 15 is 0 Å². The molecule has 1 heterocycles. The van der Waals surface area contributed by atoms with Crippen molar-refractivity contribution in [2.75, 3.05) is 0 Å². The van der Waals surface area contributed by atoms with Crippen LogP contribution in [0.4, 0.5) is 8.78 Å². The number of Topliss-reactive ketones (excluding diaryl/α,β-unsaturated/α-hetero) is 1. The van der Waals surface area contributed by atoms with Gasteiger partial charge in [0.1, 0.15) is 22.5 Å². The third-order valence-corrected chi connectivity index (χ3v) is 6.95. The maximum absolute atomic E-state index is 14.0.